The molecule has 0 bridgehead atoms. The summed E-state index contributed by atoms with van der Waals surface area (Å²) >= 11 is 1.85. The molecule has 1 saturated heterocycles. The van der Waals surface area contributed by atoms with Crippen LogP contribution in [0.1, 0.15) is 42.7 Å². The first kappa shape index (κ1) is 13.6. The molecule has 2 aliphatic rings. The molecule has 1 aromatic rings. The second kappa shape index (κ2) is 5.52. The van der Waals surface area contributed by atoms with E-state index in [0.29, 0.717) is 18.2 Å². The van der Waals surface area contributed by atoms with Crippen molar-refractivity contribution < 1.29 is 4.74 Å². The molecule has 0 spiro atoms. The molecular weight excluding hydrogens is 256 g/mol. The van der Waals surface area contributed by atoms with Crippen molar-refractivity contribution in [2.75, 3.05) is 13.2 Å². The van der Waals surface area contributed by atoms with Crippen LogP contribution >= 0.6 is 11.3 Å². The number of hydrogen-bond acceptors (Lipinski definition) is 4. The van der Waals surface area contributed by atoms with Crippen LogP contribution in [0.2, 0.25) is 0 Å². The third-order valence-corrected chi connectivity index (χ3v) is 5.64. The maximum atomic E-state index is 6.33. The first-order chi connectivity index (χ1) is 9.18. The predicted octanol–water partition coefficient (Wildman–Crippen LogP) is 2.70. The summed E-state index contributed by atoms with van der Waals surface area (Å²) < 4.78 is 5.93. The Morgan fingerprint density at radius 1 is 1.47 bits per heavy atom. The van der Waals surface area contributed by atoms with Crippen LogP contribution in [-0.2, 0) is 4.74 Å². The molecule has 4 unspecified atom stereocenters. The molecule has 1 aromatic heterocycles. The smallest absolute Gasteiger partial charge is 0.0731 e. The maximum Gasteiger partial charge on any atom is 0.0731 e. The molecule has 2 N–H and O–H groups in total. The summed E-state index contributed by atoms with van der Waals surface area (Å²) in [6.07, 6.45) is 4.21. The molecule has 3 nitrogen and oxygen atoms in total. The van der Waals surface area contributed by atoms with E-state index < -0.39 is 0 Å². The predicted molar refractivity (Wildman–Crippen MR) is 79.5 cm³/mol. The molecule has 2 heterocycles. The van der Waals surface area contributed by atoms with Gasteiger partial charge in [0.2, 0.25) is 0 Å². The van der Waals surface area contributed by atoms with Gasteiger partial charge >= 0.3 is 0 Å². The monoisotopic (exact) mass is 280 g/mol. The van der Waals surface area contributed by atoms with Gasteiger partial charge in [-0.15, -0.1) is 11.3 Å². The SMILES string of the molecule is Cc1ccsc1C(C(C)N)N1CCOC2CCCC21. The fraction of sp³-hybridized carbons (Fsp3) is 0.733. The van der Waals surface area contributed by atoms with Crippen molar-refractivity contribution in [3.8, 4) is 0 Å². The van der Waals surface area contributed by atoms with Crippen molar-refractivity contribution in [1.29, 1.82) is 0 Å². The van der Waals surface area contributed by atoms with E-state index in [2.05, 4.69) is 30.2 Å². The fourth-order valence-corrected chi connectivity index (χ4v) is 4.84. The van der Waals surface area contributed by atoms with Crippen LogP contribution in [0.3, 0.4) is 0 Å². The first-order valence-corrected chi connectivity index (χ1v) is 8.23. The van der Waals surface area contributed by atoms with Crippen molar-refractivity contribution in [3.63, 3.8) is 0 Å². The molecule has 106 valence electrons. The number of nitrogens with zero attached hydrogens (tertiary/aromatic N) is 1. The summed E-state index contributed by atoms with van der Waals surface area (Å²) in [5.74, 6) is 0. The van der Waals surface area contributed by atoms with E-state index in [9.17, 15) is 0 Å². The number of aryl methyl sites for hydroxylation is 1. The lowest BCUT2D eigenvalue weighted by Gasteiger charge is -2.44. The Labute approximate surface area is 119 Å². The second-order valence-electron chi connectivity index (χ2n) is 5.92. The quantitative estimate of drug-likeness (QED) is 0.925. The molecule has 2 fully saturated rings. The zero-order valence-corrected chi connectivity index (χ0v) is 12.7. The van der Waals surface area contributed by atoms with Crippen molar-refractivity contribution in [2.24, 2.45) is 5.73 Å². The summed E-state index contributed by atoms with van der Waals surface area (Å²) in [7, 11) is 0. The lowest BCUT2D eigenvalue weighted by atomic mass is 9.99. The van der Waals surface area contributed by atoms with Gasteiger partial charge in [-0.25, -0.2) is 0 Å². The Kier molecular flexibility index (Phi) is 3.94. The standard InChI is InChI=1S/C15H24N2OS/c1-10-6-9-19-15(10)14(11(2)16)17-7-8-18-13-5-3-4-12(13)17/h6,9,11-14H,3-5,7-8,16H2,1-2H3. The third-order valence-electron chi connectivity index (χ3n) is 4.55. The van der Waals surface area contributed by atoms with Gasteiger partial charge in [0.1, 0.15) is 0 Å². The third kappa shape index (κ3) is 2.47. The van der Waals surface area contributed by atoms with Gasteiger partial charge in [0.05, 0.1) is 18.8 Å². The largest absolute Gasteiger partial charge is 0.375 e. The molecule has 0 amide bonds. The lowest BCUT2D eigenvalue weighted by molar-refractivity contribution is -0.0748. The Hall–Kier alpha value is -0.420. The van der Waals surface area contributed by atoms with Gasteiger partial charge in [-0.1, -0.05) is 0 Å². The Balaban J connectivity index is 1.89. The van der Waals surface area contributed by atoms with Crippen LogP contribution < -0.4 is 5.73 Å². The number of nitrogens with two attached hydrogens (primary N) is 1. The number of morpholine rings is 1. The fourth-order valence-electron chi connectivity index (χ4n) is 3.68. The molecule has 3 rings (SSSR count). The minimum Gasteiger partial charge on any atom is -0.375 e. The van der Waals surface area contributed by atoms with E-state index in [-0.39, 0.29) is 6.04 Å². The lowest BCUT2D eigenvalue weighted by Crippen LogP contribution is -2.53. The number of rotatable bonds is 3. The molecule has 19 heavy (non-hydrogen) atoms. The zero-order valence-electron chi connectivity index (χ0n) is 11.8. The van der Waals surface area contributed by atoms with E-state index >= 15 is 0 Å². The first-order valence-electron chi connectivity index (χ1n) is 7.35. The molecule has 1 aliphatic carbocycles. The van der Waals surface area contributed by atoms with Gasteiger partial charge in [-0.2, -0.15) is 0 Å². The molecule has 1 aliphatic heterocycles. The van der Waals surface area contributed by atoms with Gasteiger partial charge in [0.25, 0.3) is 0 Å². The van der Waals surface area contributed by atoms with Crippen LogP contribution in [0.4, 0.5) is 0 Å². The van der Waals surface area contributed by atoms with Crippen LogP contribution in [0.5, 0.6) is 0 Å². The van der Waals surface area contributed by atoms with E-state index in [1.54, 1.807) is 0 Å². The Bertz CT molecular complexity index is 432. The molecule has 4 atom stereocenters. The number of fused-ring (bicyclic) bond motifs is 1. The number of thiophene rings is 1. The summed E-state index contributed by atoms with van der Waals surface area (Å²) in [5, 5.41) is 2.19. The van der Waals surface area contributed by atoms with Crippen molar-refractivity contribution in [3.05, 3.63) is 21.9 Å². The zero-order chi connectivity index (χ0) is 13.4. The highest BCUT2D eigenvalue weighted by atomic mass is 32.1. The highest BCUT2D eigenvalue weighted by Gasteiger charge is 2.41. The van der Waals surface area contributed by atoms with Gasteiger partial charge in [-0.3, -0.25) is 4.90 Å². The highest BCUT2D eigenvalue weighted by molar-refractivity contribution is 7.10. The summed E-state index contributed by atoms with van der Waals surface area (Å²) in [4.78, 5) is 4.08. The molecule has 0 aromatic carbocycles. The Morgan fingerprint density at radius 2 is 2.32 bits per heavy atom. The van der Waals surface area contributed by atoms with Crippen molar-refractivity contribution in [2.45, 2.75) is 57.3 Å². The van der Waals surface area contributed by atoms with E-state index in [4.69, 9.17) is 10.5 Å². The van der Waals surface area contributed by atoms with Gasteiger partial charge in [-0.05, 0) is 50.1 Å². The van der Waals surface area contributed by atoms with Crippen molar-refractivity contribution in [1.82, 2.24) is 4.90 Å². The van der Waals surface area contributed by atoms with Gasteiger partial charge in [0.15, 0.2) is 0 Å². The molecular formula is C15H24N2OS. The summed E-state index contributed by atoms with van der Waals surface area (Å²) in [5.41, 5.74) is 7.72. The van der Waals surface area contributed by atoms with Crippen molar-refractivity contribution >= 4 is 11.3 Å². The highest BCUT2D eigenvalue weighted by Crippen LogP contribution is 2.38. The maximum absolute atomic E-state index is 6.33. The molecule has 1 saturated carbocycles. The normalized spacial score (nSPS) is 31.1. The minimum atomic E-state index is 0.164. The summed E-state index contributed by atoms with van der Waals surface area (Å²) in [6, 6.07) is 3.31. The van der Waals surface area contributed by atoms with Crippen LogP contribution in [0.25, 0.3) is 0 Å². The number of ether oxygens (including phenoxy) is 1. The van der Waals surface area contributed by atoms with Gasteiger partial charge in [0, 0.05) is 23.5 Å². The van der Waals surface area contributed by atoms with Crippen LogP contribution in [0.15, 0.2) is 11.4 Å². The van der Waals surface area contributed by atoms with Gasteiger partial charge < -0.3 is 10.5 Å². The minimum absolute atomic E-state index is 0.164. The van der Waals surface area contributed by atoms with E-state index in [1.807, 2.05) is 11.3 Å². The average Bonchev–Trinajstić information content (AvgIpc) is 2.99. The second-order valence-corrected chi connectivity index (χ2v) is 6.86. The van der Waals surface area contributed by atoms with Crippen LogP contribution in [-0.4, -0.2) is 36.2 Å². The van der Waals surface area contributed by atoms with E-state index in [0.717, 1.165) is 13.2 Å². The number of hydrogen-bond donors (Lipinski definition) is 1. The summed E-state index contributed by atoms with van der Waals surface area (Å²) in [6.45, 7) is 6.22. The Morgan fingerprint density at radius 3 is 3.00 bits per heavy atom. The topological polar surface area (TPSA) is 38.5 Å². The molecule has 4 heteroatoms. The van der Waals surface area contributed by atoms with E-state index in [1.165, 1.54) is 29.7 Å². The average molecular weight is 280 g/mol. The molecule has 0 radical (unpaired) electrons. The van der Waals surface area contributed by atoms with Crippen LogP contribution in [0, 0.1) is 6.92 Å².